The number of nitro benzene ring substituents is 1. The highest BCUT2D eigenvalue weighted by molar-refractivity contribution is 7.90. The van der Waals surface area contributed by atoms with Crippen molar-refractivity contribution in [3.8, 4) is 11.1 Å². The number of non-ortho nitro benzene ring substituents is 1. The molecule has 31 heavy (non-hydrogen) atoms. The smallest absolute Gasteiger partial charge is 0.275 e. The molecule has 8 nitrogen and oxygen atoms in total. The Morgan fingerprint density at radius 3 is 2.35 bits per heavy atom. The van der Waals surface area contributed by atoms with Gasteiger partial charge in [-0.3, -0.25) is 14.9 Å². The lowest BCUT2D eigenvalue weighted by Gasteiger charge is -2.11. The minimum atomic E-state index is -4.11. The van der Waals surface area contributed by atoms with E-state index in [0.717, 1.165) is 32.3 Å². The molecule has 0 spiro atoms. The van der Waals surface area contributed by atoms with Crippen LogP contribution in [-0.4, -0.2) is 21.9 Å². The second-order valence-electron chi connectivity index (χ2n) is 7.07. The van der Waals surface area contributed by atoms with Crippen LogP contribution in [0.1, 0.15) is 5.56 Å². The third kappa shape index (κ3) is 3.30. The molecule has 2 aromatic carbocycles. The molecule has 2 heterocycles. The second kappa shape index (κ2) is 7.17. The highest BCUT2D eigenvalue weighted by Crippen LogP contribution is 2.33. The van der Waals surface area contributed by atoms with Gasteiger partial charge in [-0.05, 0) is 31.2 Å². The summed E-state index contributed by atoms with van der Waals surface area (Å²) >= 11 is 0. The zero-order chi connectivity index (χ0) is 22.5. The Morgan fingerprint density at radius 2 is 1.71 bits per heavy atom. The monoisotopic (exact) mass is 441 g/mol. The summed E-state index contributed by atoms with van der Waals surface area (Å²) in [6.45, 7) is 1.82. The number of nitro groups is 1. The fraction of sp³-hybridized carbons (Fsp3) is 0.0952. The Bertz CT molecular complexity index is 1520. The number of aryl methyl sites for hydroxylation is 2. The number of halogens is 1. The molecule has 0 amide bonds. The summed E-state index contributed by atoms with van der Waals surface area (Å²) < 4.78 is 43.0. The van der Waals surface area contributed by atoms with Crippen molar-refractivity contribution in [2.45, 2.75) is 11.8 Å². The van der Waals surface area contributed by atoms with Crippen LogP contribution < -0.4 is 5.56 Å². The van der Waals surface area contributed by atoms with Gasteiger partial charge in [0.15, 0.2) is 0 Å². The lowest BCUT2D eigenvalue weighted by Crippen LogP contribution is -2.22. The van der Waals surface area contributed by atoms with Crippen molar-refractivity contribution in [3.05, 3.63) is 92.8 Å². The number of nitrogens with zero attached hydrogens (tertiary/aromatic N) is 3. The molecule has 0 fully saturated rings. The highest BCUT2D eigenvalue weighted by atomic mass is 32.2. The van der Waals surface area contributed by atoms with E-state index in [1.54, 1.807) is 12.1 Å². The van der Waals surface area contributed by atoms with Gasteiger partial charge in [0.25, 0.3) is 21.3 Å². The van der Waals surface area contributed by atoms with Crippen LogP contribution in [0, 0.1) is 22.9 Å². The van der Waals surface area contributed by atoms with Gasteiger partial charge < -0.3 is 4.57 Å². The Morgan fingerprint density at radius 1 is 1.03 bits per heavy atom. The van der Waals surface area contributed by atoms with Gasteiger partial charge in [-0.25, -0.2) is 16.8 Å². The fourth-order valence-corrected chi connectivity index (χ4v) is 4.75. The van der Waals surface area contributed by atoms with Crippen LogP contribution in [0.5, 0.6) is 0 Å². The Labute approximate surface area is 176 Å². The maximum atomic E-state index is 14.6. The molecule has 0 saturated heterocycles. The third-order valence-electron chi connectivity index (χ3n) is 5.02. The molecule has 4 aromatic rings. The van der Waals surface area contributed by atoms with E-state index in [-0.39, 0.29) is 32.6 Å². The summed E-state index contributed by atoms with van der Waals surface area (Å²) in [5.74, 6) is -0.736. The number of rotatable bonds is 4. The molecule has 10 heteroatoms. The first-order valence-corrected chi connectivity index (χ1v) is 10.5. The number of fused-ring (bicyclic) bond motifs is 1. The summed E-state index contributed by atoms with van der Waals surface area (Å²) in [5.41, 5.74) is -0.186. The number of pyridine rings is 1. The van der Waals surface area contributed by atoms with Crippen molar-refractivity contribution >= 4 is 26.6 Å². The van der Waals surface area contributed by atoms with Crippen molar-refractivity contribution in [1.29, 1.82) is 0 Å². The van der Waals surface area contributed by atoms with Gasteiger partial charge in [-0.2, -0.15) is 0 Å². The van der Waals surface area contributed by atoms with Gasteiger partial charge in [0.1, 0.15) is 11.3 Å². The SMILES string of the molecule is Cc1ccc(S(=O)(=O)n2ccc3c(-c4cc([N+](=O)[O-])ccc4F)cn(C)c(=O)c32)cc1. The molecule has 0 aliphatic heterocycles. The largest absolute Gasteiger partial charge is 0.316 e. The lowest BCUT2D eigenvalue weighted by atomic mass is 10.0. The molecule has 0 radical (unpaired) electrons. The Kier molecular flexibility index (Phi) is 4.74. The Balaban J connectivity index is 2.04. The van der Waals surface area contributed by atoms with Crippen molar-refractivity contribution < 1.29 is 17.7 Å². The maximum absolute atomic E-state index is 14.6. The number of hydrogen-bond acceptors (Lipinski definition) is 5. The number of hydrogen-bond donors (Lipinski definition) is 0. The molecule has 4 rings (SSSR count). The molecule has 158 valence electrons. The van der Waals surface area contributed by atoms with Crippen LogP contribution in [0.3, 0.4) is 0 Å². The zero-order valence-corrected chi connectivity index (χ0v) is 17.3. The maximum Gasteiger partial charge on any atom is 0.275 e. The molecule has 0 atom stereocenters. The van der Waals surface area contributed by atoms with Crippen LogP contribution in [0.4, 0.5) is 10.1 Å². The highest BCUT2D eigenvalue weighted by Gasteiger charge is 2.24. The van der Waals surface area contributed by atoms with E-state index < -0.39 is 26.3 Å². The quantitative estimate of drug-likeness (QED) is 0.356. The van der Waals surface area contributed by atoms with Crippen LogP contribution >= 0.6 is 0 Å². The van der Waals surface area contributed by atoms with E-state index in [0.29, 0.717) is 0 Å². The van der Waals surface area contributed by atoms with Crippen molar-refractivity contribution in [2.24, 2.45) is 7.05 Å². The minimum absolute atomic E-state index is 0.00964. The second-order valence-corrected chi connectivity index (χ2v) is 8.89. The van der Waals surface area contributed by atoms with E-state index in [1.807, 2.05) is 6.92 Å². The molecule has 0 saturated carbocycles. The average Bonchev–Trinajstić information content (AvgIpc) is 3.18. The van der Waals surface area contributed by atoms with Crippen LogP contribution in [0.25, 0.3) is 22.0 Å². The van der Waals surface area contributed by atoms with E-state index in [1.165, 1.54) is 37.6 Å². The van der Waals surface area contributed by atoms with Gasteiger partial charge in [-0.1, -0.05) is 17.7 Å². The van der Waals surface area contributed by atoms with E-state index in [2.05, 4.69) is 0 Å². The van der Waals surface area contributed by atoms with Gasteiger partial charge in [0.2, 0.25) is 0 Å². The summed E-state index contributed by atoms with van der Waals surface area (Å²) in [5, 5.41) is 11.3. The first-order valence-electron chi connectivity index (χ1n) is 9.08. The predicted molar refractivity (Wildman–Crippen MR) is 113 cm³/mol. The van der Waals surface area contributed by atoms with Crippen LogP contribution in [-0.2, 0) is 17.1 Å². The molecule has 0 N–H and O–H groups in total. The van der Waals surface area contributed by atoms with Gasteiger partial charge in [0, 0.05) is 48.1 Å². The van der Waals surface area contributed by atoms with Crippen LogP contribution in [0.2, 0.25) is 0 Å². The van der Waals surface area contributed by atoms with E-state index >= 15 is 0 Å². The summed E-state index contributed by atoms with van der Waals surface area (Å²) in [7, 11) is -2.71. The molecule has 2 aromatic heterocycles. The zero-order valence-electron chi connectivity index (χ0n) is 16.4. The summed E-state index contributed by atoms with van der Waals surface area (Å²) in [6.07, 6.45) is 2.55. The first kappa shape index (κ1) is 20.5. The van der Waals surface area contributed by atoms with Crippen molar-refractivity contribution in [3.63, 3.8) is 0 Å². The summed E-state index contributed by atoms with van der Waals surface area (Å²) in [6, 6.07) is 10.6. The molecule has 0 aliphatic carbocycles. The van der Waals surface area contributed by atoms with Gasteiger partial charge in [0.05, 0.1) is 9.82 Å². The molecule has 0 unspecified atom stereocenters. The standard InChI is InChI=1S/C21H16FN3O5S/c1-13-3-6-15(7-4-13)31(29,30)24-10-9-16-18(12-23(2)21(26)20(16)24)17-11-14(25(27)28)5-8-19(17)22/h3-12H,1-2H3. The third-order valence-corrected chi connectivity index (χ3v) is 6.71. The van der Waals surface area contributed by atoms with E-state index in [9.17, 15) is 27.7 Å². The average molecular weight is 441 g/mol. The first-order chi connectivity index (χ1) is 14.6. The Hall–Kier alpha value is -3.79. The van der Waals surface area contributed by atoms with Crippen molar-refractivity contribution in [2.75, 3.05) is 0 Å². The summed E-state index contributed by atoms with van der Waals surface area (Å²) in [4.78, 5) is 23.3. The van der Waals surface area contributed by atoms with Crippen LogP contribution in [0.15, 0.2) is 70.6 Å². The molecular formula is C21H16FN3O5S. The predicted octanol–water partition coefficient (Wildman–Crippen LogP) is 3.60. The molecule has 0 bridgehead atoms. The fourth-order valence-electron chi connectivity index (χ4n) is 3.40. The van der Waals surface area contributed by atoms with Gasteiger partial charge in [-0.15, -0.1) is 0 Å². The molecular weight excluding hydrogens is 425 g/mol. The number of aromatic nitrogens is 2. The minimum Gasteiger partial charge on any atom is -0.316 e. The van der Waals surface area contributed by atoms with E-state index in [4.69, 9.17) is 0 Å². The van der Waals surface area contributed by atoms with Crippen molar-refractivity contribution in [1.82, 2.24) is 8.54 Å². The number of benzene rings is 2. The normalized spacial score (nSPS) is 11.7. The van der Waals surface area contributed by atoms with Gasteiger partial charge >= 0.3 is 0 Å². The lowest BCUT2D eigenvalue weighted by molar-refractivity contribution is -0.384. The topological polar surface area (TPSA) is 104 Å². The molecule has 0 aliphatic rings.